The molecule has 0 saturated carbocycles. The molecule has 0 unspecified atom stereocenters. The van der Waals surface area contributed by atoms with Gasteiger partial charge in [-0.2, -0.15) is 0 Å². The third-order valence-corrected chi connectivity index (χ3v) is 24.7. The van der Waals surface area contributed by atoms with Crippen LogP contribution in [0.5, 0.6) is 0 Å². The summed E-state index contributed by atoms with van der Waals surface area (Å²) in [6, 6.07) is 38.6. The fourth-order valence-corrected chi connectivity index (χ4v) is 21.8. The number of fused-ring (bicyclic) bond motifs is 3. The summed E-state index contributed by atoms with van der Waals surface area (Å²) in [7, 11) is 0. The van der Waals surface area contributed by atoms with E-state index in [1.54, 1.807) is 15.3 Å². The maximum absolute atomic E-state index is 4.12. The molecule has 0 nitrogen and oxygen atoms in total. The first-order chi connectivity index (χ1) is 17.5. The first-order valence-electron chi connectivity index (χ1n) is 13.3. The van der Waals surface area contributed by atoms with Crippen molar-refractivity contribution in [1.82, 2.24) is 0 Å². The van der Waals surface area contributed by atoms with Crippen molar-refractivity contribution in [1.29, 1.82) is 0 Å². The van der Waals surface area contributed by atoms with Crippen LogP contribution in [0.2, 0.25) is 9.26 Å². The molecule has 0 heterocycles. The van der Waals surface area contributed by atoms with Gasteiger partial charge in [0.25, 0.3) is 0 Å². The zero-order valence-corrected chi connectivity index (χ0v) is 24.0. The van der Waals surface area contributed by atoms with Crippen LogP contribution in [0.15, 0.2) is 124 Å². The van der Waals surface area contributed by atoms with E-state index in [0.29, 0.717) is 0 Å². The minimum absolute atomic E-state index is 1.03. The summed E-state index contributed by atoms with van der Waals surface area (Å²) < 4.78 is 10.3. The van der Waals surface area contributed by atoms with E-state index < -0.39 is 18.3 Å². The molecule has 2 aliphatic rings. The van der Waals surface area contributed by atoms with Gasteiger partial charge >= 0.3 is 218 Å². The number of allylic oxidation sites excluding steroid dienone is 4. The summed E-state index contributed by atoms with van der Waals surface area (Å²) in [5.74, 6) is 0. The molecule has 0 saturated heterocycles. The molecular weight excluding hydrogens is 512 g/mol. The third-order valence-electron chi connectivity index (χ3n) is 8.85. The molecule has 0 fully saturated rings. The van der Waals surface area contributed by atoms with Gasteiger partial charge in [0.1, 0.15) is 0 Å². The van der Waals surface area contributed by atoms with Crippen LogP contribution in [0.4, 0.5) is 0 Å². The Balaban J connectivity index is 1.79. The summed E-state index contributed by atoms with van der Waals surface area (Å²) in [6.45, 7) is 2.29. The van der Waals surface area contributed by atoms with Gasteiger partial charge in [-0.25, -0.2) is 0 Å². The molecule has 0 N–H and O–H groups in total. The predicted molar refractivity (Wildman–Crippen MR) is 153 cm³/mol. The molecule has 0 aliphatic heterocycles. The molecule has 0 amide bonds. The molecule has 36 heavy (non-hydrogen) atoms. The summed E-state index contributed by atoms with van der Waals surface area (Å²) >= 11 is -4.12. The zero-order valence-electron chi connectivity index (χ0n) is 21.6. The van der Waals surface area contributed by atoms with Crippen LogP contribution in [-0.4, -0.2) is 3.21 Å². The topological polar surface area (TPSA) is 0 Å². The average Bonchev–Trinajstić information content (AvgIpc) is 3.56. The zero-order chi connectivity index (χ0) is 24.8. The predicted octanol–water partition coefficient (Wildman–Crippen LogP) is 8.56. The van der Waals surface area contributed by atoms with E-state index in [2.05, 4.69) is 131 Å². The Kier molecular flexibility index (Phi) is 5.81. The van der Waals surface area contributed by atoms with Crippen molar-refractivity contribution in [2.75, 3.05) is 0 Å². The molecule has 4 aromatic carbocycles. The van der Waals surface area contributed by atoms with E-state index in [9.17, 15) is 0 Å². The Morgan fingerprint density at radius 3 is 1.94 bits per heavy atom. The average molecular weight is 546 g/mol. The SMILES string of the molecule is CCC1=CC[C]([Zr]([CH3])([CH3])(=[C](c2ccccc2)c2ccccc2)[c]2cccc3c2Cc2ccccc2-3)=C1. The molecular formula is C35H34Zr. The van der Waals surface area contributed by atoms with Crippen molar-refractivity contribution in [3.8, 4) is 11.1 Å². The molecule has 0 aromatic heterocycles. The molecule has 6 rings (SSSR count). The standard InChI is InChI=1S/C13H9.C13H10.C7H9.2CH3.Zr/c1-3-7-12-10(5-1)9-11-6-2-4-8-13(11)12;1-3-7-12(8-4-1)11-13-9-5-2-6-10-13;1-2-7-5-3-4-6-7;;;/h1-5,7-8H,9H2;1-10H;5-6H,2-3H2,1H3;2*1H3;. The van der Waals surface area contributed by atoms with Gasteiger partial charge in [-0.15, -0.1) is 0 Å². The van der Waals surface area contributed by atoms with Gasteiger partial charge in [0.05, 0.1) is 0 Å². The Morgan fingerprint density at radius 1 is 0.694 bits per heavy atom. The maximum atomic E-state index is 2.70. The van der Waals surface area contributed by atoms with Crippen molar-refractivity contribution in [3.05, 3.63) is 146 Å². The first kappa shape index (κ1) is 23.5. The van der Waals surface area contributed by atoms with Crippen molar-refractivity contribution in [2.24, 2.45) is 0 Å². The van der Waals surface area contributed by atoms with Crippen molar-refractivity contribution in [3.63, 3.8) is 0 Å². The number of rotatable bonds is 5. The molecule has 4 aromatic rings. The minimum atomic E-state index is -4.12. The van der Waals surface area contributed by atoms with Gasteiger partial charge in [-0.3, -0.25) is 0 Å². The van der Waals surface area contributed by atoms with Gasteiger partial charge in [-0.1, -0.05) is 0 Å². The Morgan fingerprint density at radius 2 is 1.31 bits per heavy atom. The first-order valence-corrected chi connectivity index (χ1v) is 21.9. The molecule has 0 spiro atoms. The van der Waals surface area contributed by atoms with Crippen LogP contribution >= 0.6 is 0 Å². The Hall–Kier alpha value is -2.89. The van der Waals surface area contributed by atoms with E-state index in [-0.39, 0.29) is 0 Å². The van der Waals surface area contributed by atoms with Crippen LogP contribution in [0.3, 0.4) is 0 Å². The Bertz CT molecular complexity index is 1550. The fraction of sp³-hybridized carbons (Fsp3) is 0.171. The van der Waals surface area contributed by atoms with Crippen LogP contribution in [0, 0.1) is 0 Å². The number of hydrogen-bond acceptors (Lipinski definition) is 0. The van der Waals surface area contributed by atoms with E-state index in [1.165, 1.54) is 33.4 Å². The molecule has 2 aliphatic carbocycles. The monoisotopic (exact) mass is 544 g/mol. The molecule has 1 heteroatoms. The van der Waals surface area contributed by atoms with Gasteiger partial charge in [0.15, 0.2) is 0 Å². The molecule has 0 radical (unpaired) electrons. The van der Waals surface area contributed by atoms with E-state index >= 15 is 0 Å². The van der Waals surface area contributed by atoms with Gasteiger partial charge in [0.2, 0.25) is 0 Å². The quantitative estimate of drug-likeness (QED) is 0.207. The normalized spacial score (nSPS) is 14.7. The fourth-order valence-electron chi connectivity index (χ4n) is 6.92. The second-order valence-electron chi connectivity index (χ2n) is 11.2. The van der Waals surface area contributed by atoms with Gasteiger partial charge in [0, 0.05) is 0 Å². The van der Waals surface area contributed by atoms with E-state index in [0.717, 1.165) is 19.3 Å². The molecule has 0 bridgehead atoms. The van der Waals surface area contributed by atoms with Gasteiger partial charge in [-0.05, 0) is 0 Å². The second kappa shape index (κ2) is 8.90. The van der Waals surface area contributed by atoms with E-state index in [4.69, 9.17) is 0 Å². The van der Waals surface area contributed by atoms with Crippen molar-refractivity contribution >= 4 is 6.48 Å². The van der Waals surface area contributed by atoms with E-state index in [1.807, 2.05) is 0 Å². The summed E-state index contributed by atoms with van der Waals surface area (Å²) in [5.41, 5.74) is 10.1. The van der Waals surface area contributed by atoms with Crippen LogP contribution < -0.4 is 3.27 Å². The van der Waals surface area contributed by atoms with Gasteiger partial charge < -0.3 is 0 Å². The van der Waals surface area contributed by atoms with Crippen LogP contribution in [0.1, 0.15) is 42.0 Å². The van der Waals surface area contributed by atoms with Crippen molar-refractivity contribution < 1.29 is 18.3 Å². The summed E-state index contributed by atoms with van der Waals surface area (Å²) in [5, 5.41) is 0. The Labute approximate surface area is 216 Å². The van der Waals surface area contributed by atoms with Crippen LogP contribution in [-0.2, 0) is 24.7 Å². The molecule has 178 valence electrons. The third kappa shape index (κ3) is 3.55. The molecule has 0 atom stereocenters. The summed E-state index contributed by atoms with van der Waals surface area (Å²) in [4.78, 5) is 0. The van der Waals surface area contributed by atoms with Crippen molar-refractivity contribution in [2.45, 2.75) is 35.4 Å². The number of hydrogen-bond donors (Lipinski definition) is 0. The number of benzene rings is 4. The van der Waals surface area contributed by atoms with Crippen LogP contribution in [0.25, 0.3) is 11.1 Å². The summed E-state index contributed by atoms with van der Waals surface area (Å²) in [6.07, 6.45) is 8.27. The second-order valence-corrected chi connectivity index (χ2v) is 27.0.